The Hall–Kier alpha value is -3.56. The summed E-state index contributed by atoms with van der Waals surface area (Å²) in [4.78, 5) is 28.4. The first kappa shape index (κ1) is 23.7. The van der Waals surface area contributed by atoms with Crippen LogP contribution >= 0.6 is 0 Å². The van der Waals surface area contributed by atoms with Gasteiger partial charge >= 0.3 is 6.18 Å². The zero-order valence-corrected chi connectivity index (χ0v) is 16.5. The largest absolute Gasteiger partial charge is 0.416 e. The van der Waals surface area contributed by atoms with Crippen molar-refractivity contribution in [2.24, 2.45) is 10.7 Å². The number of hydrogen-bond donors (Lipinski definition) is 2. The number of carbonyl (C=O) groups excluding carboxylic acids is 2. The number of nitrogens with zero attached hydrogens (tertiary/aromatic N) is 1. The predicted molar refractivity (Wildman–Crippen MR) is 105 cm³/mol. The SMILES string of the molecule is CN=C(C)C=C(N)C(=O)CNC(=O)c1ccc(F)c(F)c1-c1ccc(C(F)(F)F)cc1. The molecule has 0 bridgehead atoms. The van der Waals surface area contributed by atoms with Crippen molar-refractivity contribution in [3.63, 3.8) is 0 Å². The van der Waals surface area contributed by atoms with Gasteiger partial charge in [0.15, 0.2) is 17.4 Å². The van der Waals surface area contributed by atoms with Gasteiger partial charge in [0.2, 0.25) is 0 Å². The Labute approximate surface area is 174 Å². The van der Waals surface area contributed by atoms with E-state index >= 15 is 0 Å². The van der Waals surface area contributed by atoms with Crippen LogP contribution in [0.2, 0.25) is 0 Å². The van der Waals surface area contributed by atoms with Crippen LogP contribution in [0.1, 0.15) is 22.8 Å². The van der Waals surface area contributed by atoms with Crippen molar-refractivity contribution >= 4 is 17.4 Å². The van der Waals surface area contributed by atoms with Gasteiger partial charge in [0.1, 0.15) is 0 Å². The molecular weight excluding hydrogens is 421 g/mol. The summed E-state index contributed by atoms with van der Waals surface area (Å²) in [7, 11) is 1.50. The fourth-order valence-electron chi connectivity index (χ4n) is 2.58. The van der Waals surface area contributed by atoms with E-state index in [0.717, 1.165) is 18.2 Å². The summed E-state index contributed by atoms with van der Waals surface area (Å²) in [6.07, 6.45) is -3.31. The van der Waals surface area contributed by atoms with Crippen LogP contribution in [-0.4, -0.2) is 31.0 Å². The van der Waals surface area contributed by atoms with Gasteiger partial charge in [0.05, 0.1) is 23.4 Å². The first-order valence-electron chi connectivity index (χ1n) is 8.83. The lowest BCUT2D eigenvalue weighted by molar-refractivity contribution is -0.137. The Morgan fingerprint density at radius 2 is 1.71 bits per heavy atom. The minimum Gasteiger partial charge on any atom is -0.396 e. The highest BCUT2D eigenvalue weighted by molar-refractivity contribution is 6.07. The number of allylic oxidation sites excluding steroid dienone is 1. The Kier molecular flexibility index (Phi) is 7.27. The average Bonchev–Trinajstić information content (AvgIpc) is 2.72. The molecule has 0 saturated heterocycles. The minimum absolute atomic E-state index is 0.143. The highest BCUT2D eigenvalue weighted by Gasteiger charge is 2.30. The summed E-state index contributed by atoms with van der Waals surface area (Å²) < 4.78 is 66.5. The Morgan fingerprint density at radius 3 is 2.26 bits per heavy atom. The second kappa shape index (κ2) is 9.50. The number of nitrogens with two attached hydrogens (primary N) is 1. The van der Waals surface area contributed by atoms with Gasteiger partial charge in [-0.3, -0.25) is 14.6 Å². The molecule has 0 aliphatic carbocycles. The molecule has 0 fully saturated rings. The molecule has 0 spiro atoms. The average molecular weight is 439 g/mol. The molecule has 1 amide bonds. The van der Waals surface area contributed by atoms with Crippen LogP contribution in [0.3, 0.4) is 0 Å². The number of nitrogens with one attached hydrogen (secondary N) is 1. The topological polar surface area (TPSA) is 84.5 Å². The van der Waals surface area contributed by atoms with E-state index in [2.05, 4.69) is 10.3 Å². The second-order valence-corrected chi connectivity index (χ2v) is 6.43. The molecule has 5 nitrogen and oxygen atoms in total. The third-order valence-corrected chi connectivity index (χ3v) is 4.29. The minimum atomic E-state index is -4.62. The number of alkyl halides is 3. The number of rotatable bonds is 6. The smallest absolute Gasteiger partial charge is 0.396 e. The first-order chi connectivity index (χ1) is 14.5. The van der Waals surface area contributed by atoms with Gasteiger partial charge in [-0.2, -0.15) is 13.2 Å². The number of halogens is 5. The third kappa shape index (κ3) is 5.74. The summed E-state index contributed by atoms with van der Waals surface area (Å²) in [5.41, 5.74) is 3.89. The molecule has 164 valence electrons. The number of Topliss-reactive ketones (excluding diaryl/α,β-unsaturated/α-hetero) is 1. The molecule has 0 radical (unpaired) electrons. The monoisotopic (exact) mass is 439 g/mol. The van der Waals surface area contributed by atoms with Gasteiger partial charge < -0.3 is 11.1 Å². The molecule has 0 heterocycles. The van der Waals surface area contributed by atoms with Crippen molar-refractivity contribution in [3.05, 3.63) is 70.9 Å². The molecule has 2 aromatic rings. The number of carbonyl (C=O) groups is 2. The van der Waals surface area contributed by atoms with Gasteiger partial charge in [-0.15, -0.1) is 0 Å². The van der Waals surface area contributed by atoms with Crippen LogP contribution in [0.5, 0.6) is 0 Å². The van der Waals surface area contributed by atoms with E-state index in [9.17, 15) is 31.5 Å². The van der Waals surface area contributed by atoms with E-state index < -0.39 is 47.2 Å². The molecule has 0 atom stereocenters. The summed E-state index contributed by atoms with van der Waals surface area (Å²) in [5.74, 6) is -4.28. The van der Waals surface area contributed by atoms with E-state index in [1.54, 1.807) is 6.92 Å². The fourth-order valence-corrected chi connectivity index (χ4v) is 2.58. The molecule has 0 saturated carbocycles. The number of benzene rings is 2. The summed E-state index contributed by atoms with van der Waals surface area (Å²) in [5, 5.41) is 2.25. The van der Waals surface area contributed by atoms with Crippen molar-refractivity contribution < 1.29 is 31.5 Å². The molecule has 0 aromatic heterocycles. The molecule has 2 aromatic carbocycles. The van der Waals surface area contributed by atoms with Gasteiger partial charge in [-0.05, 0) is 42.8 Å². The normalized spacial score (nSPS) is 12.6. The maximum atomic E-state index is 14.5. The van der Waals surface area contributed by atoms with Crippen molar-refractivity contribution in [2.75, 3.05) is 13.6 Å². The maximum Gasteiger partial charge on any atom is 0.416 e. The molecule has 0 unspecified atom stereocenters. The van der Waals surface area contributed by atoms with E-state index in [4.69, 9.17) is 5.73 Å². The zero-order valence-electron chi connectivity index (χ0n) is 16.5. The zero-order chi connectivity index (χ0) is 23.3. The number of ketones is 1. The van der Waals surface area contributed by atoms with Crippen LogP contribution in [-0.2, 0) is 11.0 Å². The van der Waals surface area contributed by atoms with Gasteiger partial charge in [-0.1, -0.05) is 12.1 Å². The molecule has 2 rings (SSSR count). The van der Waals surface area contributed by atoms with E-state index in [1.165, 1.54) is 13.1 Å². The highest BCUT2D eigenvalue weighted by atomic mass is 19.4. The quantitative estimate of drug-likeness (QED) is 0.407. The fraction of sp³-hybridized carbons (Fsp3) is 0.190. The lowest BCUT2D eigenvalue weighted by Gasteiger charge is -2.13. The van der Waals surface area contributed by atoms with Crippen molar-refractivity contribution in [1.82, 2.24) is 5.32 Å². The first-order valence-corrected chi connectivity index (χ1v) is 8.83. The van der Waals surface area contributed by atoms with Crippen LogP contribution in [0.4, 0.5) is 22.0 Å². The molecular formula is C21H18F5N3O2. The molecule has 0 aliphatic rings. The van der Waals surface area contributed by atoms with E-state index in [1.807, 2.05) is 0 Å². The van der Waals surface area contributed by atoms with Crippen LogP contribution in [0.15, 0.2) is 53.2 Å². The summed E-state index contributed by atoms with van der Waals surface area (Å²) in [6, 6.07) is 4.90. The Bertz CT molecular complexity index is 1060. The van der Waals surface area contributed by atoms with Crippen LogP contribution in [0, 0.1) is 11.6 Å². The molecule has 10 heteroatoms. The van der Waals surface area contributed by atoms with E-state index in [-0.39, 0.29) is 16.8 Å². The number of aliphatic imine (C=N–C) groups is 1. The van der Waals surface area contributed by atoms with E-state index in [0.29, 0.717) is 23.9 Å². The van der Waals surface area contributed by atoms with Gasteiger partial charge in [0.25, 0.3) is 5.91 Å². The predicted octanol–water partition coefficient (Wildman–Crippen LogP) is 3.88. The third-order valence-electron chi connectivity index (χ3n) is 4.29. The Morgan fingerprint density at radius 1 is 1.10 bits per heavy atom. The van der Waals surface area contributed by atoms with Gasteiger partial charge in [-0.25, -0.2) is 8.78 Å². The molecule has 31 heavy (non-hydrogen) atoms. The van der Waals surface area contributed by atoms with Crippen LogP contribution in [0.25, 0.3) is 11.1 Å². The molecule has 0 aliphatic heterocycles. The lowest BCUT2D eigenvalue weighted by atomic mass is 9.97. The number of hydrogen-bond acceptors (Lipinski definition) is 4. The summed E-state index contributed by atoms with van der Waals surface area (Å²) >= 11 is 0. The van der Waals surface area contributed by atoms with Gasteiger partial charge in [0, 0.05) is 18.3 Å². The van der Waals surface area contributed by atoms with Crippen molar-refractivity contribution in [3.8, 4) is 11.1 Å². The second-order valence-electron chi connectivity index (χ2n) is 6.43. The lowest BCUT2D eigenvalue weighted by Crippen LogP contribution is -2.32. The van der Waals surface area contributed by atoms with Crippen LogP contribution < -0.4 is 11.1 Å². The standard InChI is InChI=1S/C21H18F5N3O2/c1-11(28-2)9-16(27)17(30)10-29-20(31)14-7-8-15(22)19(23)18(14)12-3-5-13(6-4-12)21(24,25)26/h3-9H,10,27H2,1-2H3,(H,29,31). The maximum absolute atomic E-state index is 14.5. The van der Waals surface area contributed by atoms with Crippen molar-refractivity contribution in [1.29, 1.82) is 0 Å². The number of amides is 1. The summed E-state index contributed by atoms with van der Waals surface area (Å²) in [6.45, 7) is 1.07. The highest BCUT2D eigenvalue weighted by Crippen LogP contribution is 2.33. The van der Waals surface area contributed by atoms with Crippen molar-refractivity contribution in [2.45, 2.75) is 13.1 Å². The molecule has 3 N–H and O–H groups in total. The Balaban J connectivity index is 2.34.